The van der Waals surface area contributed by atoms with Gasteiger partial charge in [-0.25, -0.2) is 23.7 Å². The molecule has 0 bridgehead atoms. The average molecular weight is 597 g/mol. The maximum Gasteiger partial charge on any atom is 0.510 e. The van der Waals surface area contributed by atoms with E-state index >= 15 is 0 Å². The first-order chi connectivity index (χ1) is 21.5. The number of rotatable bonds is 9. The third-order valence-corrected chi connectivity index (χ3v) is 7.92. The topological polar surface area (TPSA) is 94.7 Å². The van der Waals surface area contributed by atoms with E-state index in [-0.39, 0.29) is 30.8 Å². The number of anilines is 2. The molecule has 0 aliphatic carbocycles. The Labute approximate surface area is 253 Å². The lowest BCUT2D eigenvalue weighted by Gasteiger charge is -2.38. The summed E-state index contributed by atoms with van der Waals surface area (Å²) >= 11 is 0. The zero-order valence-corrected chi connectivity index (χ0v) is 24.4. The number of benzene rings is 3. The van der Waals surface area contributed by atoms with Crippen molar-refractivity contribution in [1.29, 1.82) is 0 Å². The number of carbonyl (C=O) groups excluding carboxylic acids is 1. The molecule has 0 radical (unpaired) electrons. The molecule has 0 atom stereocenters. The highest BCUT2D eigenvalue weighted by molar-refractivity contribution is 5.79. The van der Waals surface area contributed by atoms with Crippen LogP contribution in [-0.2, 0) is 29.4 Å². The number of imidazole rings is 1. The van der Waals surface area contributed by atoms with Gasteiger partial charge < -0.3 is 23.8 Å². The Morgan fingerprint density at radius 1 is 0.909 bits per heavy atom. The third kappa shape index (κ3) is 6.41. The molecular formula is C33H33FN6O4. The molecule has 1 fully saturated rings. The Morgan fingerprint density at radius 3 is 2.41 bits per heavy atom. The molecule has 10 nitrogen and oxygen atoms in total. The van der Waals surface area contributed by atoms with E-state index < -0.39 is 6.16 Å². The minimum Gasteiger partial charge on any atom is -0.429 e. The Balaban J connectivity index is 1.13. The molecule has 0 amide bonds. The number of para-hydroxylation sites is 2. The number of piperidine rings is 1. The predicted molar refractivity (Wildman–Crippen MR) is 165 cm³/mol. The molecule has 1 aliphatic rings. The fourth-order valence-electron chi connectivity index (χ4n) is 5.55. The van der Waals surface area contributed by atoms with E-state index in [4.69, 9.17) is 14.5 Å². The van der Waals surface area contributed by atoms with Crippen LogP contribution in [0.4, 0.5) is 21.1 Å². The monoisotopic (exact) mass is 596 g/mol. The maximum atomic E-state index is 13.5. The van der Waals surface area contributed by atoms with Crippen molar-refractivity contribution >= 4 is 29.1 Å². The van der Waals surface area contributed by atoms with Crippen molar-refractivity contribution in [1.82, 2.24) is 19.1 Å². The van der Waals surface area contributed by atoms with Crippen LogP contribution in [0.2, 0.25) is 0 Å². The summed E-state index contributed by atoms with van der Waals surface area (Å²) in [6.07, 6.45) is 2.18. The molecule has 0 unspecified atom stereocenters. The fraction of sp³-hybridized carbons (Fsp3) is 0.273. The van der Waals surface area contributed by atoms with Crippen LogP contribution in [-0.4, -0.2) is 51.4 Å². The molecule has 1 aliphatic heterocycles. The van der Waals surface area contributed by atoms with Crippen LogP contribution < -0.4 is 15.4 Å². The lowest BCUT2D eigenvalue weighted by molar-refractivity contribution is 0.0282. The summed E-state index contributed by atoms with van der Waals surface area (Å²) in [6, 6.07) is 25.3. The van der Waals surface area contributed by atoms with Gasteiger partial charge in [-0.2, -0.15) is 0 Å². The lowest BCUT2D eigenvalue weighted by Crippen LogP contribution is -2.46. The van der Waals surface area contributed by atoms with Gasteiger partial charge in [0.25, 0.3) is 5.56 Å². The molecule has 5 aromatic rings. The molecule has 11 heteroatoms. The Bertz CT molecular complexity index is 1780. The number of hydrogen-bond acceptors (Lipinski definition) is 8. The number of carbonyl (C=O) groups is 1. The standard InChI is InChI=1S/C33H33FN6O4/c1-37(31-35-18-15-30(41)40(31)23-44-33(42)43-22-25-7-3-2-4-8-25)27-16-19-38(20-17-27)32-36-28-9-5-6-10-29(28)39(32)21-24-11-13-26(34)14-12-24/h2-15,18,27H,16-17,19-23H2,1H3. The first-order valence-electron chi connectivity index (χ1n) is 14.5. The van der Waals surface area contributed by atoms with E-state index in [0.717, 1.165) is 54.0 Å². The molecule has 3 aromatic carbocycles. The molecule has 1 saturated heterocycles. The summed E-state index contributed by atoms with van der Waals surface area (Å²) in [5.74, 6) is 1.02. The number of fused-ring (bicyclic) bond motifs is 1. The molecule has 226 valence electrons. The van der Waals surface area contributed by atoms with Gasteiger partial charge in [-0.15, -0.1) is 0 Å². The van der Waals surface area contributed by atoms with Gasteiger partial charge >= 0.3 is 6.16 Å². The molecular weight excluding hydrogens is 563 g/mol. The van der Waals surface area contributed by atoms with Crippen molar-refractivity contribution in [3.05, 3.63) is 118 Å². The summed E-state index contributed by atoms with van der Waals surface area (Å²) in [5, 5.41) is 0. The van der Waals surface area contributed by atoms with E-state index in [1.165, 1.54) is 29.0 Å². The predicted octanol–water partition coefficient (Wildman–Crippen LogP) is 5.20. The molecule has 6 rings (SSSR count). The van der Waals surface area contributed by atoms with Gasteiger partial charge in [-0.1, -0.05) is 54.6 Å². The largest absolute Gasteiger partial charge is 0.510 e. The van der Waals surface area contributed by atoms with Crippen molar-refractivity contribution in [2.75, 3.05) is 29.9 Å². The van der Waals surface area contributed by atoms with Crippen LogP contribution in [0.5, 0.6) is 0 Å². The highest BCUT2D eigenvalue weighted by Gasteiger charge is 2.28. The van der Waals surface area contributed by atoms with Crippen LogP contribution in [0.15, 0.2) is 95.9 Å². The fourth-order valence-corrected chi connectivity index (χ4v) is 5.55. The number of aromatic nitrogens is 4. The normalized spacial score (nSPS) is 13.6. The van der Waals surface area contributed by atoms with Crippen LogP contribution in [0.3, 0.4) is 0 Å². The zero-order valence-electron chi connectivity index (χ0n) is 24.4. The summed E-state index contributed by atoms with van der Waals surface area (Å²) < 4.78 is 27.5. The highest BCUT2D eigenvalue weighted by Crippen LogP contribution is 2.28. The van der Waals surface area contributed by atoms with Gasteiger partial charge in [-0.3, -0.25) is 4.79 Å². The second-order valence-electron chi connectivity index (χ2n) is 10.8. The van der Waals surface area contributed by atoms with Gasteiger partial charge in [0.15, 0.2) is 6.73 Å². The smallest absolute Gasteiger partial charge is 0.429 e. The minimum absolute atomic E-state index is 0.0741. The van der Waals surface area contributed by atoms with E-state index in [1.54, 1.807) is 12.1 Å². The van der Waals surface area contributed by atoms with Gasteiger partial charge in [0.2, 0.25) is 11.9 Å². The molecule has 0 spiro atoms. The van der Waals surface area contributed by atoms with E-state index in [2.05, 4.69) is 20.5 Å². The first-order valence-corrected chi connectivity index (χ1v) is 14.5. The number of hydrogen-bond donors (Lipinski definition) is 0. The second kappa shape index (κ2) is 13.0. The second-order valence-corrected chi connectivity index (χ2v) is 10.8. The molecule has 3 heterocycles. The minimum atomic E-state index is -0.866. The maximum absolute atomic E-state index is 13.5. The van der Waals surface area contributed by atoms with Gasteiger partial charge in [0, 0.05) is 38.4 Å². The van der Waals surface area contributed by atoms with Crippen molar-refractivity contribution in [2.24, 2.45) is 0 Å². The van der Waals surface area contributed by atoms with E-state index in [0.29, 0.717) is 12.5 Å². The quantitative estimate of drug-likeness (QED) is 0.215. The molecule has 0 saturated carbocycles. The van der Waals surface area contributed by atoms with E-state index in [1.807, 2.05) is 60.5 Å². The molecule has 44 heavy (non-hydrogen) atoms. The SMILES string of the molecule is CN(c1nccc(=O)n1COC(=O)OCc1ccccc1)C1CCN(c2nc3ccccc3n2Cc2ccc(F)cc2)CC1. The number of halogens is 1. The van der Waals surface area contributed by atoms with Crippen LogP contribution in [0.1, 0.15) is 24.0 Å². The van der Waals surface area contributed by atoms with Crippen molar-refractivity contribution < 1.29 is 18.7 Å². The summed E-state index contributed by atoms with van der Waals surface area (Å²) in [4.78, 5) is 38.7. The zero-order chi connectivity index (χ0) is 30.5. The third-order valence-electron chi connectivity index (χ3n) is 7.92. The van der Waals surface area contributed by atoms with E-state index in [9.17, 15) is 14.0 Å². The Hall–Kier alpha value is -5.19. The van der Waals surface area contributed by atoms with Crippen LogP contribution in [0, 0.1) is 5.82 Å². The van der Waals surface area contributed by atoms with Gasteiger partial charge in [0.05, 0.1) is 17.6 Å². The van der Waals surface area contributed by atoms with Crippen LogP contribution >= 0.6 is 0 Å². The van der Waals surface area contributed by atoms with Crippen molar-refractivity contribution in [2.45, 2.75) is 38.8 Å². The van der Waals surface area contributed by atoms with Crippen LogP contribution in [0.25, 0.3) is 11.0 Å². The number of nitrogens with zero attached hydrogens (tertiary/aromatic N) is 6. The molecule has 0 N–H and O–H groups in total. The van der Waals surface area contributed by atoms with Crippen molar-refractivity contribution in [3.63, 3.8) is 0 Å². The Morgan fingerprint density at radius 2 is 1.64 bits per heavy atom. The Kier molecular flexibility index (Phi) is 8.53. The summed E-state index contributed by atoms with van der Waals surface area (Å²) in [5.41, 5.74) is 3.42. The van der Waals surface area contributed by atoms with Crippen molar-refractivity contribution in [3.8, 4) is 0 Å². The lowest BCUT2D eigenvalue weighted by atomic mass is 10.0. The number of ether oxygens (including phenoxy) is 2. The first kappa shape index (κ1) is 28.9. The highest BCUT2D eigenvalue weighted by atomic mass is 19.1. The molecule has 2 aromatic heterocycles. The summed E-state index contributed by atoms with van der Waals surface area (Å²) in [7, 11) is 1.90. The summed E-state index contributed by atoms with van der Waals surface area (Å²) in [6.45, 7) is 1.81. The van der Waals surface area contributed by atoms with Gasteiger partial charge in [0.1, 0.15) is 12.4 Å². The average Bonchev–Trinajstić information content (AvgIpc) is 3.42. The van der Waals surface area contributed by atoms with Gasteiger partial charge in [-0.05, 0) is 48.2 Å².